The summed E-state index contributed by atoms with van der Waals surface area (Å²) in [6.45, 7) is 0.997. The average Bonchev–Trinajstić information content (AvgIpc) is 3.59. The van der Waals surface area contributed by atoms with E-state index >= 15 is 0 Å². The number of para-hydroxylation sites is 1. The second-order valence-corrected chi connectivity index (χ2v) is 7.80. The largest absolute Gasteiger partial charge is 0.478 e. The lowest BCUT2D eigenvalue weighted by Gasteiger charge is -2.31. The molecule has 1 fully saturated rings. The van der Waals surface area contributed by atoms with Gasteiger partial charge in [-0.3, -0.25) is 0 Å². The minimum absolute atomic E-state index is 0.234. The summed E-state index contributed by atoms with van der Waals surface area (Å²) in [6.07, 6.45) is 6.14. The first-order chi connectivity index (χ1) is 14.2. The molecule has 2 aromatic carbocycles. The lowest BCUT2D eigenvalue weighted by Crippen LogP contribution is -2.24. The molecular formula is C24H23N3O2. The highest BCUT2D eigenvalue weighted by atomic mass is 16.4. The van der Waals surface area contributed by atoms with Crippen LogP contribution in [-0.4, -0.2) is 22.6 Å². The molecular weight excluding hydrogens is 362 g/mol. The van der Waals surface area contributed by atoms with Gasteiger partial charge in [-0.15, -0.1) is 0 Å². The Hall–Kier alpha value is -3.34. The Bertz CT molecular complexity index is 1060. The first-order valence-electron chi connectivity index (χ1n) is 10.1. The van der Waals surface area contributed by atoms with Crippen LogP contribution in [0.4, 0.5) is 22.9 Å². The summed E-state index contributed by atoms with van der Waals surface area (Å²) >= 11 is 0. The van der Waals surface area contributed by atoms with Gasteiger partial charge < -0.3 is 15.3 Å². The lowest BCUT2D eigenvalue weighted by atomic mass is 10.00. The molecule has 1 aliphatic heterocycles. The van der Waals surface area contributed by atoms with E-state index in [4.69, 9.17) is 0 Å². The van der Waals surface area contributed by atoms with Crippen molar-refractivity contribution in [2.75, 3.05) is 16.8 Å². The molecule has 0 atom stereocenters. The van der Waals surface area contributed by atoms with Crippen LogP contribution in [0.15, 0.2) is 60.8 Å². The van der Waals surface area contributed by atoms with E-state index in [1.807, 2.05) is 18.3 Å². The van der Waals surface area contributed by atoms with E-state index in [9.17, 15) is 9.90 Å². The lowest BCUT2D eigenvalue weighted by molar-refractivity contribution is 0.0697. The van der Waals surface area contributed by atoms with E-state index in [1.54, 1.807) is 6.07 Å². The van der Waals surface area contributed by atoms with Crippen molar-refractivity contribution in [3.8, 4) is 0 Å². The maximum Gasteiger partial charge on any atom is 0.339 e. The van der Waals surface area contributed by atoms with Crippen molar-refractivity contribution < 1.29 is 9.90 Å². The molecule has 0 radical (unpaired) electrons. The van der Waals surface area contributed by atoms with Gasteiger partial charge in [-0.1, -0.05) is 18.2 Å². The zero-order valence-corrected chi connectivity index (χ0v) is 16.1. The molecule has 5 rings (SSSR count). The molecule has 0 amide bonds. The van der Waals surface area contributed by atoms with Crippen LogP contribution in [0.5, 0.6) is 0 Å². The number of hydrogen-bond acceptors (Lipinski definition) is 4. The summed E-state index contributed by atoms with van der Waals surface area (Å²) in [6, 6.07) is 18.4. The standard InChI is InChI=1S/C24H23N3O2/c28-24(29)21-14-18(16-8-9-16)15-25-23(21)26-19-10-11-22-17(13-19)5-4-12-27(22)20-6-2-1-3-7-20/h1-3,6-7,10-11,13-16H,4-5,8-9,12H2,(H,25,26)(H,28,29). The number of rotatable bonds is 5. The first-order valence-corrected chi connectivity index (χ1v) is 10.1. The number of hydrogen-bond donors (Lipinski definition) is 2. The Morgan fingerprint density at radius 2 is 1.93 bits per heavy atom. The molecule has 29 heavy (non-hydrogen) atoms. The van der Waals surface area contributed by atoms with Crippen molar-refractivity contribution >= 4 is 28.8 Å². The van der Waals surface area contributed by atoms with Crippen molar-refractivity contribution in [3.63, 3.8) is 0 Å². The van der Waals surface area contributed by atoms with E-state index < -0.39 is 5.97 Å². The Morgan fingerprint density at radius 1 is 1.10 bits per heavy atom. The second kappa shape index (κ2) is 7.24. The number of benzene rings is 2. The molecule has 2 heterocycles. The smallest absolute Gasteiger partial charge is 0.339 e. The maximum absolute atomic E-state index is 11.8. The van der Waals surface area contributed by atoms with Gasteiger partial charge in [0.1, 0.15) is 11.4 Å². The third-order valence-corrected chi connectivity index (χ3v) is 5.72. The van der Waals surface area contributed by atoms with Gasteiger partial charge >= 0.3 is 5.97 Å². The molecule has 1 aromatic heterocycles. The fourth-order valence-electron chi connectivity index (χ4n) is 4.07. The number of anilines is 4. The molecule has 0 saturated heterocycles. The summed E-state index contributed by atoms with van der Waals surface area (Å²) in [5.41, 5.74) is 5.79. The molecule has 2 N–H and O–H groups in total. The molecule has 0 unspecified atom stereocenters. The van der Waals surface area contributed by atoms with E-state index in [1.165, 1.54) is 16.9 Å². The average molecular weight is 385 g/mol. The van der Waals surface area contributed by atoms with E-state index in [0.717, 1.165) is 43.5 Å². The van der Waals surface area contributed by atoms with Gasteiger partial charge in [-0.2, -0.15) is 0 Å². The minimum Gasteiger partial charge on any atom is -0.478 e. The highest BCUT2D eigenvalue weighted by molar-refractivity contribution is 5.94. The molecule has 2 aliphatic rings. The molecule has 0 spiro atoms. The van der Waals surface area contributed by atoms with Gasteiger partial charge in [0.2, 0.25) is 0 Å². The summed E-state index contributed by atoms with van der Waals surface area (Å²) in [4.78, 5) is 18.5. The number of nitrogens with zero attached hydrogens (tertiary/aromatic N) is 2. The predicted molar refractivity (Wildman–Crippen MR) is 115 cm³/mol. The second-order valence-electron chi connectivity index (χ2n) is 7.80. The van der Waals surface area contributed by atoms with E-state index in [2.05, 4.69) is 51.6 Å². The van der Waals surface area contributed by atoms with Crippen molar-refractivity contribution in [2.24, 2.45) is 0 Å². The van der Waals surface area contributed by atoms with Crippen molar-refractivity contribution in [2.45, 2.75) is 31.6 Å². The Labute approximate surface area is 170 Å². The normalized spacial score (nSPS) is 15.7. The third-order valence-electron chi connectivity index (χ3n) is 5.72. The molecule has 3 aromatic rings. The first kappa shape index (κ1) is 17.7. The SMILES string of the molecule is O=C(O)c1cc(C2CC2)cnc1Nc1ccc2c(c1)CCCN2c1ccccc1. The van der Waals surface area contributed by atoms with Gasteiger partial charge in [0.05, 0.1) is 0 Å². The molecule has 5 nitrogen and oxygen atoms in total. The van der Waals surface area contributed by atoms with Crippen LogP contribution in [0.3, 0.4) is 0 Å². The van der Waals surface area contributed by atoms with Gasteiger partial charge in [0, 0.05) is 29.8 Å². The third kappa shape index (κ3) is 3.56. The number of carboxylic acid groups (broad SMARTS) is 1. The Morgan fingerprint density at radius 3 is 2.69 bits per heavy atom. The van der Waals surface area contributed by atoms with Crippen LogP contribution in [0.2, 0.25) is 0 Å². The number of fused-ring (bicyclic) bond motifs is 1. The van der Waals surface area contributed by atoms with Gasteiger partial charge in [0.15, 0.2) is 0 Å². The van der Waals surface area contributed by atoms with E-state index in [0.29, 0.717) is 11.7 Å². The summed E-state index contributed by atoms with van der Waals surface area (Å²) in [5, 5.41) is 12.9. The van der Waals surface area contributed by atoms with E-state index in [-0.39, 0.29) is 5.56 Å². The number of aromatic nitrogens is 1. The maximum atomic E-state index is 11.8. The number of nitrogens with one attached hydrogen (secondary N) is 1. The molecule has 0 bridgehead atoms. The van der Waals surface area contributed by atoms with Gasteiger partial charge in [0.25, 0.3) is 0 Å². The van der Waals surface area contributed by atoms with Crippen LogP contribution in [0.1, 0.15) is 46.7 Å². The summed E-state index contributed by atoms with van der Waals surface area (Å²) in [7, 11) is 0. The van der Waals surface area contributed by atoms with Crippen LogP contribution < -0.4 is 10.2 Å². The number of pyridine rings is 1. The quantitative estimate of drug-likeness (QED) is 0.608. The van der Waals surface area contributed by atoms with Crippen molar-refractivity contribution in [1.82, 2.24) is 4.98 Å². The zero-order chi connectivity index (χ0) is 19.8. The summed E-state index contributed by atoms with van der Waals surface area (Å²) in [5.74, 6) is -0.0735. The Balaban J connectivity index is 1.44. The molecule has 1 aliphatic carbocycles. The van der Waals surface area contributed by atoms with Crippen LogP contribution in [0.25, 0.3) is 0 Å². The van der Waals surface area contributed by atoms with Crippen molar-refractivity contribution in [3.05, 3.63) is 77.5 Å². The Kier molecular flexibility index (Phi) is 4.43. The van der Waals surface area contributed by atoms with Crippen LogP contribution in [-0.2, 0) is 6.42 Å². The van der Waals surface area contributed by atoms with Gasteiger partial charge in [-0.25, -0.2) is 9.78 Å². The summed E-state index contributed by atoms with van der Waals surface area (Å²) < 4.78 is 0. The van der Waals surface area contributed by atoms with Gasteiger partial charge in [-0.05, 0) is 79.1 Å². The monoisotopic (exact) mass is 385 g/mol. The highest BCUT2D eigenvalue weighted by Crippen LogP contribution is 2.41. The number of aryl methyl sites for hydroxylation is 1. The molecule has 1 saturated carbocycles. The predicted octanol–water partition coefficient (Wildman–Crippen LogP) is 5.49. The highest BCUT2D eigenvalue weighted by Gasteiger charge is 2.26. The molecule has 146 valence electrons. The minimum atomic E-state index is -0.948. The fourth-order valence-corrected chi connectivity index (χ4v) is 4.07. The number of carboxylic acids is 1. The van der Waals surface area contributed by atoms with Crippen molar-refractivity contribution in [1.29, 1.82) is 0 Å². The number of aromatic carboxylic acids is 1. The topological polar surface area (TPSA) is 65.5 Å². The van der Waals surface area contributed by atoms with Crippen LogP contribution in [0, 0.1) is 0 Å². The molecule has 5 heteroatoms. The van der Waals surface area contributed by atoms with Crippen LogP contribution >= 0.6 is 0 Å². The zero-order valence-electron chi connectivity index (χ0n) is 16.1. The number of carbonyl (C=O) groups is 1. The fraction of sp³-hybridized carbons (Fsp3) is 0.250.